The lowest BCUT2D eigenvalue weighted by atomic mass is 10.2. The lowest BCUT2D eigenvalue weighted by Gasteiger charge is -2.18. The molecular weight excluding hydrogens is 456 g/mol. The van der Waals surface area contributed by atoms with Gasteiger partial charge in [0, 0.05) is 50.4 Å². The van der Waals surface area contributed by atoms with Crippen molar-refractivity contribution in [3.8, 4) is 17.0 Å². The van der Waals surface area contributed by atoms with E-state index in [9.17, 15) is 4.79 Å². The Bertz CT molecular complexity index is 1400. The molecule has 0 spiro atoms. The zero-order valence-corrected chi connectivity index (χ0v) is 20.9. The highest BCUT2D eigenvalue weighted by atomic mass is 16.5. The summed E-state index contributed by atoms with van der Waals surface area (Å²) in [5, 5.41) is 9.44. The summed E-state index contributed by atoms with van der Waals surface area (Å²) in [4.78, 5) is 27.8. The summed E-state index contributed by atoms with van der Waals surface area (Å²) in [6.07, 6.45) is 6.69. The molecule has 36 heavy (non-hydrogen) atoms. The number of anilines is 4. The van der Waals surface area contributed by atoms with Crippen LogP contribution in [0.3, 0.4) is 0 Å². The van der Waals surface area contributed by atoms with Crippen molar-refractivity contribution in [1.29, 1.82) is 0 Å². The number of fused-ring (bicyclic) bond motifs is 1. The van der Waals surface area contributed by atoms with Crippen molar-refractivity contribution in [2.75, 3.05) is 50.2 Å². The standard InChI is InChI=1S/C26H30N8O2/c1-6-24(35)30-20-14-21(23(36-5)15-19(20)27-12-13-33(2)3)32-26-29-11-9-18(31-26)17-16-34(4)22-8-7-10-28-25(17)22/h6-11,14-16,27H,1,12-13H2,2-5H3,(H,30,35)(H,29,31,32). The largest absolute Gasteiger partial charge is 0.494 e. The minimum Gasteiger partial charge on any atom is -0.494 e. The highest BCUT2D eigenvalue weighted by Gasteiger charge is 2.15. The Morgan fingerprint density at radius 2 is 2.00 bits per heavy atom. The minimum absolute atomic E-state index is 0.316. The summed E-state index contributed by atoms with van der Waals surface area (Å²) in [6.45, 7) is 5.06. The van der Waals surface area contributed by atoms with Crippen LogP contribution in [0, 0.1) is 0 Å². The number of hydrogen-bond acceptors (Lipinski definition) is 8. The first kappa shape index (κ1) is 24.7. The molecule has 1 aromatic carbocycles. The molecule has 0 aliphatic heterocycles. The zero-order chi connectivity index (χ0) is 25.7. The van der Waals surface area contributed by atoms with Gasteiger partial charge < -0.3 is 30.2 Å². The van der Waals surface area contributed by atoms with Crippen LogP contribution in [0.2, 0.25) is 0 Å². The van der Waals surface area contributed by atoms with Crippen molar-refractivity contribution in [2.24, 2.45) is 7.05 Å². The number of ether oxygens (including phenoxy) is 1. The molecule has 0 saturated carbocycles. The third kappa shape index (κ3) is 5.44. The number of carbonyl (C=O) groups excluding carboxylic acids is 1. The van der Waals surface area contributed by atoms with E-state index in [2.05, 4.69) is 37.4 Å². The van der Waals surface area contributed by atoms with Crippen LogP contribution in [-0.4, -0.2) is 64.6 Å². The molecule has 10 nitrogen and oxygen atoms in total. The molecule has 3 heterocycles. The number of rotatable bonds is 10. The first-order valence-corrected chi connectivity index (χ1v) is 11.4. The van der Waals surface area contributed by atoms with Crippen molar-refractivity contribution < 1.29 is 9.53 Å². The second-order valence-corrected chi connectivity index (χ2v) is 8.44. The summed E-state index contributed by atoms with van der Waals surface area (Å²) in [7, 11) is 7.56. The van der Waals surface area contributed by atoms with E-state index >= 15 is 0 Å². The van der Waals surface area contributed by atoms with Gasteiger partial charge in [0.25, 0.3) is 0 Å². The van der Waals surface area contributed by atoms with Gasteiger partial charge in [-0.1, -0.05) is 6.58 Å². The number of nitrogens with zero attached hydrogens (tertiary/aromatic N) is 5. The fourth-order valence-corrected chi connectivity index (χ4v) is 3.78. The number of hydrogen-bond donors (Lipinski definition) is 3. The predicted octanol–water partition coefficient (Wildman–Crippen LogP) is 3.88. The topological polar surface area (TPSA) is 109 Å². The number of aryl methyl sites for hydroxylation is 1. The number of aromatic nitrogens is 4. The van der Waals surface area contributed by atoms with Crippen LogP contribution in [0.4, 0.5) is 23.0 Å². The molecule has 4 rings (SSSR count). The van der Waals surface area contributed by atoms with Crippen LogP contribution in [-0.2, 0) is 11.8 Å². The Hall–Kier alpha value is -4.44. The van der Waals surface area contributed by atoms with Crippen molar-refractivity contribution in [3.05, 3.63) is 61.6 Å². The molecule has 0 saturated heterocycles. The summed E-state index contributed by atoms with van der Waals surface area (Å²) in [5.41, 5.74) is 5.43. The van der Waals surface area contributed by atoms with Gasteiger partial charge in [-0.3, -0.25) is 9.78 Å². The van der Waals surface area contributed by atoms with E-state index in [-0.39, 0.29) is 5.91 Å². The van der Waals surface area contributed by atoms with Gasteiger partial charge in [0.2, 0.25) is 11.9 Å². The third-order valence-corrected chi connectivity index (χ3v) is 5.58. The first-order valence-electron chi connectivity index (χ1n) is 11.4. The Morgan fingerprint density at radius 3 is 2.75 bits per heavy atom. The van der Waals surface area contributed by atoms with E-state index in [4.69, 9.17) is 9.72 Å². The Morgan fingerprint density at radius 1 is 1.17 bits per heavy atom. The lowest BCUT2D eigenvalue weighted by molar-refractivity contribution is -0.111. The summed E-state index contributed by atoms with van der Waals surface area (Å²) < 4.78 is 7.65. The van der Waals surface area contributed by atoms with E-state index in [0.29, 0.717) is 29.6 Å². The molecule has 0 atom stereocenters. The van der Waals surface area contributed by atoms with Crippen LogP contribution >= 0.6 is 0 Å². The quantitative estimate of drug-likeness (QED) is 0.290. The highest BCUT2D eigenvalue weighted by Crippen LogP contribution is 2.36. The van der Waals surface area contributed by atoms with Crippen LogP contribution in [0.5, 0.6) is 5.75 Å². The number of methoxy groups -OCH3 is 1. The van der Waals surface area contributed by atoms with Crippen LogP contribution in [0.1, 0.15) is 0 Å². The molecular formula is C26H30N8O2. The second-order valence-electron chi connectivity index (χ2n) is 8.44. The van der Waals surface area contributed by atoms with E-state index in [1.54, 1.807) is 25.6 Å². The van der Waals surface area contributed by atoms with Gasteiger partial charge >= 0.3 is 0 Å². The maximum Gasteiger partial charge on any atom is 0.247 e. The van der Waals surface area contributed by atoms with Gasteiger partial charge in [-0.15, -0.1) is 0 Å². The summed E-state index contributed by atoms with van der Waals surface area (Å²) in [6, 6.07) is 9.39. The predicted molar refractivity (Wildman–Crippen MR) is 144 cm³/mol. The summed E-state index contributed by atoms with van der Waals surface area (Å²) >= 11 is 0. The van der Waals surface area contributed by atoms with Crippen molar-refractivity contribution in [2.45, 2.75) is 0 Å². The van der Waals surface area contributed by atoms with Gasteiger partial charge in [0.05, 0.1) is 40.9 Å². The normalized spacial score (nSPS) is 10.9. The number of pyridine rings is 1. The first-order chi connectivity index (χ1) is 17.4. The fourth-order valence-electron chi connectivity index (χ4n) is 3.78. The molecule has 3 aromatic heterocycles. The number of benzene rings is 1. The summed E-state index contributed by atoms with van der Waals surface area (Å²) in [5.74, 6) is 0.635. The van der Waals surface area contributed by atoms with Gasteiger partial charge in [0.15, 0.2) is 0 Å². The fraction of sp³-hybridized carbons (Fsp3) is 0.231. The second kappa shape index (κ2) is 10.9. The van der Waals surface area contributed by atoms with Crippen molar-refractivity contribution >= 4 is 40.0 Å². The molecule has 0 radical (unpaired) electrons. The van der Waals surface area contributed by atoms with Gasteiger partial charge in [-0.05, 0) is 44.4 Å². The van der Waals surface area contributed by atoms with Crippen molar-refractivity contribution in [3.63, 3.8) is 0 Å². The van der Waals surface area contributed by atoms with Crippen LogP contribution < -0.4 is 20.7 Å². The number of likely N-dealkylation sites (N-methyl/N-ethyl adjacent to an activating group) is 1. The lowest BCUT2D eigenvalue weighted by Crippen LogP contribution is -2.21. The van der Waals surface area contributed by atoms with Gasteiger partial charge in [0.1, 0.15) is 5.75 Å². The number of amides is 1. The minimum atomic E-state index is -0.316. The molecule has 0 fully saturated rings. The molecule has 0 unspecified atom stereocenters. The van der Waals surface area contributed by atoms with Gasteiger partial charge in [-0.2, -0.15) is 0 Å². The Kier molecular flexibility index (Phi) is 7.45. The zero-order valence-electron chi connectivity index (χ0n) is 20.9. The number of nitrogens with one attached hydrogen (secondary N) is 3. The highest BCUT2D eigenvalue weighted by molar-refractivity contribution is 6.02. The van der Waals surface area contributed by atoms with E-state index in [1.165, 1.54) is 6.08 Å². The third-order valence-electron chi connectivity index (χ3n) is 5.58. The monoisotopic (exact) mass is 486 g/mol. The molecule has 186 valence electrons. The smallest absolute Gasteiger partial charge is 0.247 e. The van der Waals surface area contributed by atoms with E-state index < -0.39 is 0 Å². The van der Waals surface area contributed by atoms with E-state index in [0.717, 1.165) is 34.5 Å². The maximum absolute atomic E-state index is 12.1. The molecule has 0 bridgehead atoms. The van der Waals surface area contributed by atoms with Gasteiger partial charge in [-0.25, -0.2) is 9.97 Å². The molecule has 0 aliphatic rings. The average Bonchev–Trinajstić information content (AvgIpc) is 3.21. The Labute approximate surface area is 210 Å². The molecule has 0 aliphatic carbocycles. The molecule has 1 amide bonds. The van der Waals surface area contributed by atoms with Crippen molar-refractivity contribution in [1.82, 2.24) is 24.4 Å². The maximum atomic E-state index is 12.1. The average molecular weight is 487 g/mol. The van der Waals surface area contributed by atoms with Crippen LogP contribution in [0.25, 0.3) is 22.3 Å². The SMILES string of the molecule is C=CC(=O)Nc1cc(Nc2nccc(-c3cn(C)c4cccnc34)n2)c(OC)cc1NCCN(C)C. The molecule has 4 aromatic rings. The molecule has 3 N–H and O–H groups in total. The van der Waals surface area contributed by atoms with Crippen LogP contribution in [0.15, 0.2) is 61.6 Å². The molecule has 10 heteroatoms. The van der Waals surface area contributed by atoms with E-state index in [1.807, 2.05) is 56.2 Å². The Balaban J connectivity index is 1.68. The number of carbonyl (C=O) groups is 1.